The summed E-state index contributed by atoms with van der Waals surface area (Å²) < 4.78 is 34.3. The van der Waals surface area contributed by atoms with Crippen molar-refractivity contribution in [2.24, 2.45) is 0 Å². The summed E-state index contributed by atoms with van der Waals surface area (Å²) in [6, 6.07) is 20.4. The zero-order valence-electron chi connectivity index (χ0n) is 23.4. The number of carbonyl (C=O) groups is 1. The van der Waals surface area contributed by atoms with Crippen LogP contribution in [0.2, 0.25) is 0 Å². The number of methoxy groups -OCH3 is 5. The summed E-state index contributed by atoms with van der Waals surface area (Å²) in [6.07, 6.45) is -1.17. The fourth-order valence-electron chi connectivity index (χ4n) is 4.81. The molecule has 8 heteroatoms. The molecule has 0 aromatic heterocycles. The summed E-state index contributed by atoms with van der Waals surface area (Å²) in [4.78, 5) is 13.3. The molecule has 0 saturated carbocycles. The van der Waals surface area contributed by atoms with Crippen molar-refractivity contribution in [3.63, 3.8) is 0 Å². The lowest BCUT2D eigenvalue weighted by Crippen LogP contribution is -2.12. The molecule has 4 aromatic carbocycles. The normalized spacial score (nSPS) is 11.6. The summed E-state index contributed by atoms with van der Waals surface area (Å²) in [5.74, 6) is 2.64. The summed E-state index contributed by atoms with van der Waals surface area (Å²) in [6.45, 7) is 0.350. The summed E-state index contributed by atoms with van der Waals surface area (Å²) in [5.41, 5.74) is 2.14. The highest BCUT2D eigenvalue weighted by Crippen LogP contribution is 2.50. The number of aliphatic hydroxyl groups excluding tert-OH is 1. The Balaban J connectivity index is 1.62. The summed E-state index contributed by atoms with van der Waals surface area (Å²) in [5, 5.41) is 12.2. The first-order valence-corrected chi connectivity index (χ1v) is 12.8. The molecule has 0 fully saturated rings. The smallest absolute Gasteiger partial charge is 0.172 e. The maximum absolute atomic E-state index is 13.3. The SMILES string of the molecule is COc1cc(OC)c2c(OC)c(CC(=O)CC(O)c3ccccc3OCc3ccccc3)cc(OC)c2c1OC. The van der Waals surface area contributed by atoms with Crippen LogP contribution in [0, 0.1) is 0 Å². The maximum atomic E-state index is 13.3. The largest absolute Gasteiger partial charge is 0.496 e. The van der Waals surface area contributed by atoms with Crippen molar-refractivity contribution in [2.75, 3.05) is 35.5 Å². The van der Waals surface area contributed by atoms with Gasteiger partial charge < -0.3 is 33.5 Å². The van der Waals surface area contributed by atoms with Crippen molar-refractivity contribution >= 4 is 16.6 Å². The van der Waals surface area contributed by atoms with Crippen molar-refractivity contribution in [3.05, 3.63) is 83.4 Å². The van der Waals surface area contributed by atoms with Crippen LogP contribution in [-0.2, 0) is 17.8 Å². The molecule has 0 aliphatic carbocycles. The van der Waals surface area contributed by atoms with Gasteiger partial charge in [0.1, 0.15) is 35.4 Å². The average Bonchev–Trinajstić information content (AvgIpc) is 2.99. The van der Waals surface area contributed by atoms with E-state index in [0.717, 1.165) is 5.56 Å². The van der Waals surface area contributed by atoms with Crippen molar-refractivity contribution in [3.8, 4) is 34.5 Å². The topological polar surface area (TPSA) is 92.7 Å². The van der Waals surface area contributed by atoms with Crippen LogP contribution in [0.3, 0.4) is 0 Å². The maximum Gasteiger partial charge on any atom is 0.172 e. The van der Waals surface area contributed by atoms with Crippen LogP contribution < -0.4 is 28.4 Å². The average molecular weight is 547 g/mol. The van der Waals surface area contributed by atoms with Gasteiger partial charge in [-0.3, -0.25) is 4.79 Å². The van der Waals surface area contributed by atoms with Crippen LogP contribution in [0.1, 0.15) is 29.2 Å². The number of para-hydroxylation sites is 1. The Morgan fingerprint density at radius 2 is 1.30 bits per heavy atom. The van der Waals surface area contributed by atoms with Crippen LogP contribution in [0.5, 0.6) is 34.5 Å². The Labute approximate surface area is 234 Å². The van der Waals surface area contributed by atoms with Crippen molar-refractivity contribution in [1.82, 2.24) is 0 Å². The number of ether oxygens (including phenoxy) is 6. The third-order valence-corrected chi connectivity index (χ3v) is 6.67. The van der Waals surface area contributed by atoms with Gasteiger partial charge in [0, 0.05) is 30.0 Å². The van der Waals surface area contributed by atoms with Gasteiger partial charge in [-0.25, -0.2) is 0 Å². The molecule has 1 unspecified atom stereocenters. The predicted octanol–water partition coefficient (Wildman–Crippen LogP) is 5.70. The standard InChI is InChI=1S/C32H34O8/c1-35-26-16-21(31(38-4)29-27(36-2)18-28(37-3)32(39-5)30(26)29)15-22(33)17-24(34)23-13-9-10-14-25(23)40-19-20-11-7-6-8-12-20/h6-14,16,18,24,34H,15,17,19H2,1-5H3. The molecule has 0 aliphatic rings. The lowest BCUT2D eigenvalue weighted by Gasteiger charge is -2.21. The van der Waals surface area contributed by atoms with E-state index in [1.807, 2.05) is 42.5 Å². The number of hydrogen-bond donors (Lipinski definition) is 1. The monoisotopic (exact) mass is 546 g/mol. The Morgan fingerprint density at radius 3 is 1.95 bits per heavy atom. The van der Waals surface area contributed by atoms with Gasteiger partial charge in [-0.05, 0) is 17.7 Å². The Morgan fingerprint density at radius 1 is 0.700 bits per heavy atom. The van der Waals surface area contributed by atoms with Gasteiger partial charge in [0.15, 0.2) is 11.5 Å². The second-order valence-corrected chi connectivity index (χ2v) is 9.08. The van der Waals surface area contributed by atoms with E-state index in [-0.39, 0.29) is 18.6 Å². The molecular weight excluding hydrogens is 512 g/mol. The second kappa shape index (κ2) is 13.1. The van der Waals surface area contributed by atoms with Crippen molar-refractivity contribution < 1.29 is 38.3 Å². The van der Waals surface area contributed by atoms with Crippen LogP contribution in [0.4, 0.5) is 0 Å². The second-order valence-electron chi connectivity index (χ2n) is 9.08. The molecule has 0 heterocycles. The van der Waals surface area contributed by atoms with Gasteiger partial charge in [-0.1, -0.05) is 48.5 Å². The number of benzene rings is 4. The van der Waals surface area contributed by atoms with Gasteiger partial charge in [0.25, 0.3) is 0 Å². The quantitative estimate of drug-likeness (QED) is 0.228. The first kappa shape index (κ1) is 28.6. The minimum Gasteiger partial charge on any atom is -0.496 e. The Hall–Kier alpha value is -4.43. The molecule has 40 heavy (non-hydrogen) atoms. The highest BCUT2D eigenvalue weighted by Gasteiger charge is 2.26. The fourth-order valence-corrected chi connectivity index (χ4v) is 4.81. The Kier molecular flexibility index (Phi) is 9.35. The number of carbonyl (C=O) groups excluding carboxylic acids is 1. The molecule has 0 spiro atoms. The van der Waals surface area contributed by atoms with Crippen molar-refractivity contribution in [2.45, 2.75) is 25.6 Å². The molecule has 0 bridgehead atoms. The molecule has 8 nitrogen and oxygen atoms in total. The molecule has 0 saturated heterocycles. The van der Waals surface area contributed by atoms with E-state index >= 15 is 0 Å². The highest BCUT2D eigenvalue weighted by molar-refractivity contribution is 6.05. The zero-order valence-corrected chi connectivity index (χ0v) is 23.4. The van der Waals surface area contributed by atoms with Crippen LogP contribution in [0.25, 0.3) is 10.8 Å². The van der Waals surface area contributed by atoms with Gasteiger partial charge >= 0.3 is 0 Å². The molecule has 4 rings (SSSR count). The molecule has 4 aromatic rings. The van der Waals surface area contributed by atoms with Crippen molar-refractivity contribution in [1.29, 1.82) is 0 Å². The highest BCUT2D eigenvalue weighted by atomic mass is 16.5. The minimum absolute atomic E-state index is 0.00291. The molecule has 210 valence electrons. The van der Waals surface area contributed by atoms with Crippen LogP contribution in [0.15, 0.2) is 66.7 Å². The number of aliphatic hydroxyl groups is 1. The third kappa shape index (κ3) is 5.92. The van der Waals surface area contributed by atoms with E-state index in [1.165, 1.54) is 35.5 Å². The molecule has 1 atom stereocenters. The minimum atomic E-state index is -1.05. The third-order valence-electron chi connectivity index (χ3n) is 6.67. The first-order chi connectivity index (χ1) is 19.4. The van der Waals surface area contributed by atoms with E-state index in [2.05, 4.69) is 0 Å². The fraction of sp³-hybridized carbons (Fsp3) is 0.281. The number of Topliss-reactive ketones (excluding diaryl/α,β-unsaturated/α-hetero) is 1. The number of hydrogen-bond acceptors (Lipinski definition) is 8. The lowest BCUT2D eigenvalue weighted by molar-refractivity contribution is -0.120. The van der Waals surface area contributed by atoms with Gasteiger partial charge in [-0.2, -0.15) is 0 Å². The molecule has 0 aliphatic heterocycles. The van der Waals surface area contributed by atoms with Gasteiger partial charge in [-0.15, -0.1) is 0 Å². The van der Waals surface area contributed by atoms with E-state index in [1.54, 1.807) is 24.3 Å². The van der Waals surface area contributed by atoms with Gasteiger partial charge in [0.05, 0.1) is 52.4 Å². The molecule has 0 amide bonds. The van der Waals surface area contributed by atoms with E-state index in [0.29, 0.717) is 63.0 Å². The molecular formula is C32H34O8. The summed E-state index contributed by atoms with van der Waals surface area (Å²) in [7, 11) is 7.68. The van der Waals surface area contributed by atoms with Crippen LogP contribution in [-0.4, -0.2) is 46.4 Å². The van der Waals surface area contributed by atoms with Crippen LogP contribution >= 0.6 is 0 Å². The number of rotatable bonds is 13. The Bertz CT molecular complexity index is 1470. The van der Waals surface area contributed by atoms with E-state index in [4.69, 9.17) is 28.4 Å². The van der Waals surface area contributed by atoms with E-state index < -0.39 is 6.10 Å². The number of ketones is 1. The number of fused-ring (bicyclic) bond motifs is 1. The van der Waals surface area contributed by atoms with E-state index in [9.17, 15) is 9.90 Å². The first-order valence-electron chi connectivity index (χ1n) is 12.8. The lowest BCUT2D eigenvalue weighted by atomic mass is 9.95. The van der Waals surface area contributed by atoms with Gasteiger partial charge in [0.2, 0.25) is 0 Å². The molecule has 0 radical (unpaired) electrons. The zero-order chi connectivity index (χ0) is 28.6. The predicted molar refractivity (Wildman–Crippen MR) is 152 cm³/mol. The summed E-state index contributed by atoms with van der Waals surface area (Å²) >= 11 is 0. The molecule has 1 N–H and O–H groups in total.